The van der Waals surface area contributed by atoms with Crippen LogP contribution >= 0.6 is 0 Å². The molecule has 0 amide bonds. The molecule has 0 aliphatic carbocycles. The van der Waals surface area contributed by atoms with E-state index in [1.807, 2.05) is 0 Å². The lowest BCUT2D eigenvalue weighted by Crippen LogP contribution is -2.44. The average molecular weight is 328 g/mol. The lowest BCUT2D eigenvalue weighted by molar-refractivity contribution is -0.140. The van der Waals surface area contributed by atoms with Crippen molar-refractivity contribution in [1.82, 2.24) is 9.29 Å². The number of benzene rings is 1. The van der Waals surface area contributed by atoms with Gasteiger partial charge in [-0.3, -0.25) is 9.36 Å². The fourth-order valence-electron chi connectivity index (χ4n) is 1.99. The molecule has 8 nitrogen and oxygen atoms in total. The van der Waals surface area contributed by atoms with Crippen LogP contribution in [0.3, 0.4) is 0 Å². The number of rotatable bonds is 5. The molecule has 0 radical (unpaired) electrons. The van der Waals surface area contributed by atoms with Gasteiger partial charge < -0.3 is 9.52 Å². The summed E-state index contributed by atoms with van der Waals surface area (Å²) in [5, 5.41) is 9.08. The number of fused-ring (bicyclic) bond motifs is 1. The highest BCUT2D eigenvalue weighted by molar-refractivity contribution is 7.89. The molecule has 22 heavy (non-hydrogen) atoms. The zero-order valence-corrected chi connectivity index (χ0v) is 13.0. The lowest BCUT2D eigenvalue weighted by atomic mass is 10.1. The minimum absolute atomic E-state index is 0.117. The van der Waals surface area contributed by atoms with Crippen molar-refractivity contribution >= 4 is 27.1 Å². The van der Waals surface area contributed by atoms with Crippen molar-refractivity contribution in [3.63, 3.8) is 0 Å². The van der Waals surface area contributed by atoms with Crippen LogP contribution in [-0.2, 0) is 21.9 Å². The number of hydrogen-bond acceptors (Lipinski definition) is 5. The molecule has 0 bridgehead atoms. The highest BCUT2D eigenvalue weighted by Gasteiger charge is 2.28. The molecule has 2 N–H and O–H groups in total. The van der Waals surface area contributed by atoms with Crippen LogP contribution in [0.25, 0.3) is 11.1 Å². The highest BCUT2D eigenvalue weighted by Crippen LogP contribution is 2.19. The summed E-state index contributed by atoms with van der Waals surface area (Å²) in [6, 6.07) is 2.67. The SMILES string of the molecule is CC(C)C(NS(=O)(=O)c1ccc2c(c1)oc(=O)n2C)C(=O)O. The van der Waals surface area contributed by atoms with Crippen molar-refractivity contribution in [3.05, 3.63) is 28.7 Å². The number of aryl methyl sites for hydroxylation is 1. The number of oxazole rings is 1. The number of carboxylic acids is 1. The van der Waals surface area contributed by atoms with Crippen molar-refractivity contribution in [2.75, 3.05) is 0 Å². The highest BCUT2D eigenvalue weighted by atomic mass is 32.2. The summed E-state index contributed by atoms with van der Waals surface area (Å²) >= 11 is 0. The van der Waals surface area contributed by atoms with Crippen LogP contribution in [0, 0.1) is 5.92 Å². The fourth-order valence-corrected chi connectivity index (χ4v) is 3.34. The number of carboxylic acid groups (broad SMARTS) is 1. The fraction of sp³-hybridized carbons (Fsp3) is 0.385. The predicted octanol–water partition coefficient (Wildman–Crippen LogP) is 0.519. The molecule has 0 saturated carbocycles. The van der Waals surface area contributed by atoms with E-state index in [1.54, 1.807) is 13.8 Å². The van der Waals surface area contributed by atoms with Crippen molar-refractivity contribution in [2.24, 2.45) is 13.0 Å². The Morgan fingerprint density at radius 3 is 2.55 bits per heavy atom. The van der Waals surface area contributed by atoms with Crippen LogP contribution in [0.2, 0.25) is 0 Å². The van der Waals surface area contributed by atoms with Gasteiger partial charge >= 0.3 is 11.7 Å². The van der Waals surface area contributed by atoms with E-state index in [2.05, 4.69) is 4.72 Å². The van der Waals surface area contributed by atoms with Crippen LogP contribution < -0.4 is 10.5 Å². The summed E-state index contributed by atoms with van der Waals surface area (Å²) in [5.41, 5.74) is 0.564. The number of aliphatic carboxylic acids is 1. The maximum absolute atomic E-state index is 12.3. The molecule has 120 valence electrons. The van der Waals surface area contributed by atoms with Crippen molar-refractivity contribution in [2.45, 2.75) is 24.8 Å². The maximum atomic E-state index is 12.3. The molecule has 0 spiro atoms. The Morgan fingerprint density at radius 1 is 1.36 bits per heavy atom. The van der Waals surface area contributed by atoms with E-state index in [0.717, 1.165) is 0 Å². The molecular weight excluding hydrogens is 312 g/mol. The number of carbonyl (C=O) groups is 1. The molecule has 2 aromatic rings. The normalized spacial score (nSPS) is 13.6. The Labute approximate surface area is 126 Å². The number of aromatic nitrogens is 1. The summed E-state index contributed by atoms with van der Waals surface area (Å²) in [6.45, 7) is 3.20. The summed E-state index contributed by atoms with van der Waals surface area (Å²) in [6.07, 6.45) is 0. The van der Waals surface area contributed by atoms with Crippen molar-refractivity contribution < 1.29 is 22.7 Å². The van der Waals surface area contributed by atoms with Gasteiger partial charge in [-0.05, 0) is 18.1 Å². The topological polar surface area (TPSA) is 119 Å². The van der Waals surface area contributed by atoms with Gasteiger partial charge in [0.25, 0.3) is 0 Å². The van der Waals surface area contributed by atoms with Crippen molar-refractivity contribution in [1.29, 1.82) is 0 Å². The van der Waals surface area contributed by atoms with E-state index < -0.39 is 33.7 Å². The van der Waals surface area contributed by atoms with Crippen LogP contribution in [0.15, 0.2) is 32.3 Å². The lowest BCUT2D eigenvalue weighted by Gasteiger charge is -2.17. The standard InChI is InChI=1S/C13H16N2O6S/c1-7(2)11(12(16)17)14-22(19,20)8-4-5-9-10(6-8)21-13(18)15(9)3/h4-7,11,14H,1-3H3,(H,16,17). The van der Waals surface area contributed by atoms with Gasteiger partial charge in [0.05, 0.1) is 10.4 Å². The van der Waals surface area contributed by atoms with E-state index in [1.165, 1.54) is 29.8 Å². The molecule has 9 heteroatoms. The van der Waals surface area contributed by atoms with E-state index in [0.29, 0.717) is 5.52 Å². The second kappa shape index (κ2) is 5.58. The minimum atomic E-state index is -4.05. The van der Waals surface area contributed by atoms with Gasteiger partial charge in [-0.2, -0.15) is 4.72 Å². The van der Waals surface area contributed by atoms with Crippen LogP contribution in [-0.4, -0.2) is 30.1 Å². The van der Waals surface area contributed by atoms with Crippen LogP contribution in [0.5, 0.6) is 0 Å². The molecule has 1 heterocycles. The first-order valence-corrected chi connectivity index (χ1v) is 7.96. The van der Waals surface area contributed by atoms with Crippen molar-refractivity contribution in [3.8, 4) is 0 Å². The molecule has 0 saturated heterocycles. The quantitative estimate of drug-likeness (QED) is 0.826. The maximum Gasteiger partial charge on any atom is 0.419 e. The zero-order chi connectivity index (χ0) is 16.7. The largest absolute Gasteiger partial charge is 0.480 e. The third kappa shape index (κ3) is 2.90. The summed E-state index contributed by atoms with van der Waals surface area (Å²) < 4.78 is 32.9. The molecule has 1 aromatic carbocycles. The van der Waals surface area contributed by atoms with Crippen LogP contribution in [0.1, 0.15) is 13.8 Å². The number of nitrogens with one attached hydrogen (secondary N) is 1. The Hall–Kier alpha value is -2.13. The third-order valence-corrected chi connectivity index (χ3v) is 4.73. The monoisotopic (exact) mass is 328 g/mol. The van der Waals surface area contributed by atoms with Gasteiger partial charge in [0.1, 0.15) is 6.04 Å². The molecule has 1 aromatic heterocycles. The molecule has 2 rings (SSSR count). The molecule has 1 unspecified atom stereocenters. The van der Waals surface area contributed by atoms with Gasteiger partial charge in [-0.15, -0.1) is 0 Å². The molecule has 0 fully saturated rings. The zero-order valence-electron chi connectivity index (χ0n) is 12.2. The summed E-state index contributed by atoms with van der Waals surface area (Å²) in [5.74, 6) is -2.29. The predicted molar refractivity (Wildman–Crippen MR) is 78.0 cm³/mol. The van der Waals surface area contributed by atoms with Crippen LogP contribution in [0.4, 0.5) is 0 Å². The summed E-state index contributed by atoms with van der Waals surface area (Å²) in [4.78, 5) is 22.4. The smallest absolute Gasteiger partial charge is 0.419 e. The first kappa shape index (κ1) is 16.2. The Balaban J connectivity index is 2.45. The van der Waals surface area contributed by atoms with E-state index in [-0.39, 0.29) is 10.5 Å². The third-order valence-electron chi connectivity index (χ3n) is 3.29. The van der Waals surface area contributed by atoms with Gasteiger partial charge in [-0.1, -0.05) is 13.8 Å². The number of nitrogens with zero attached hydrogens (tertiary/aromatic N) is 1. The average Bonchev–Trinajstić information content (AvgIpc) is 2.70. The number of sulfonamides is 1. The first-order valence-electron chi connectivity index (χ1n) is 6.48. The first-order chi connectivity index (χ1) is 10.1. The second-order valence-electron chi connectivity index (χ2n) is 5.24. The number of hydrogen-bond donors (Lipinski definition) is 2. The minimum Gasteiger partial charge on any atom is -0.480 e. The van der Waals surface area contributed by atoms with E-state index in [4.69, 9.17) is 9.52 Å². The summed E-state index contributed by atoms with van der Waals surface area (Å²) in [7, 11) is -2.55. The molecular formula is C13H16N2O6S. The van der Waals surface area contributed by atoms with E-state index >= 15 is 0 Å². The Bertz CT molecular complexity index is 878. The Kier molecular flexibility index (Phi) is 4.12. The van der Waals surface area contributed by atoms with Gasteiger partial charge in [-0.25, -0.2) is 13.2 Å². The van der Waals surface area contributed by atoms with Gasteiger partial charge in [0, 0.05) is 13.1 Å². The molecule has 0 aliphatic heterocycles. The molecule has 1 atom stereocenters. The van der Waals surface area contributed by atoms with Gasteiger partial charge in [0.15, 0.2) is 5.58 Å². The van der Waals surface area contributed by atoms with Gasteiger partial charge in [0.2, 0.25) is 10.0 Å². The second-order valence-corrected chi connectivity index (χ2v) is 6.95. The molecule has 0 aliphatic rings. The Morgan fingerprint density at radius 2 is 2.00 bits per heavy atom. The van der Waals surface area contributed by atoms with E-state index in [9.17, 15) is 18.0 Å².